The van der Waals surface area contributed by atoms with Crippen LogP contribution in [-0.4, -0.2) is 33.6 Å². The van der Waals surface area contributed by atoms with Crippen LogP contribution < -0.4 is 9.64 Å². The van der Waals surface area contributed by atoms with Gasteiger partial charge in [0, 0.05) is 11.3 Å². The van der Waals surface area contributed by atoms with Crippen LogP contribution in [0.25, 0.3) is 16.5 Å². The fourth-order valence-corrected chi connectivity index (χ4v) is 6.83. The number of aliphatic hydroxyl groups excluding tert-OH is 1. The van der Waals surface area contributed by atoms with Crippen molar-refractivity contribution in [2.75, 3.05) is 11.5 Å². The number of rotatable bonds is 9. The number of aromatic nitrogens is 2. The van der Waals surface area contributed by atoms with Crippen LogP contribution in [0.4, 0.5) is 9.52 Å². The third-order valence-electron chi connectivity index (χ3n) is 6.94. The van der Waals surface area contributed by atoms with E-state index in [9.17, 15) is 19.1 Å². The highest BCUT2D eigenvalue weighted by atomic mass is 32.2. The number of benzene rings is 4. The number of nitrogens with zero attached hydrogens (tertiary/aromatic N) is 3. The SMILES string of the molecule is C=CCOc1cccc(C2/C(=C(\O)c3ccc(F)cc3)C(=O)C(=O)N2c2nnc(SCc3cccc4ccccc34)s2)c1. The Morgan fingerprint density at radius 2 is 1.79 bits per heavy atom. The Kier molecular flexibility index (Phi) is 8.04. The predicted molar refractivity (Wildman–Crippen MR) is 167 cm³/mol. The molecule has 1 aromatic heterocycles. The number of hydrogen-bond donors (Lipinski definition) is 1. The lowest BCUT2D eigenvalue weighted by Gasteiger charge is -2.23. The van der Waals surface area contributed by atoms with E-state index in [2.05, 4.69) is 41.0 Å². The van der Waals surface area contributed by atoms with Gasteiger partial charge in [0.1, 0.15) is 23.9 Å². The normalized spacial score (nSPS) is 16.1. The Bertz CT molecular complexity index is 1880. The van der Waals surface area contributed by atoms with Gasteiger partial charge in [-0.1, -0.05) is 90.4 Å². The molecule has 214 valence electrons. The third-order valence-corrected chi connectivity index (χ3v) is 9.04. The Balaban J connectivity index is 1.38. The summed E-state index contributed by atoms with van der Waals surface area (Å²) in [7, 11) is 0. The number of fused-ring (bicyclic) bond motifs is 1. The van der Waals surface area contributed by atoms with Crippen molar-refractivity contribution in [3.05, 3.63) is 132 Å². The second-order valence-electron chi connectivity index (χ2n) is 9.63. The van der Waals surface area contributed by atoms with E-state index < -0.39 is 29.3 Å². The highest BCUT2D eigenvalue weighted by Crippen LogP contribution is 2.44. The highest BCUT2D eigenvalue weighted by Gasteiger charge is 2.48. The van der Waals surface area contributed by atoms with Crippen LogP contribution in [0.3, 0.4) is 0 Å². The molecule has 6 rings (SSSR count). The maximum absolute atomic E-state index is 13.6. The van der Waals surface area contributed by atoms with E-state index in [0.29, 0.717) is 21.4 Å². The topological polar surface area (TPSA) is 92.6 Å². The Hall–Kier alpha value is -4.80. The van der Waals surface area contributed by atoms with Crippen molar-refractivity contribution in [1.82, 2.24) is 10.2 Å². The third kappa shape index (κ3) is 5.67. The van der Waals surface area contributed by atoms with E-state index in [4.69, 9.17) is 4.74 Å². The molecule has 5 aromatic rings. The second-order valence-corrected chi connectivity index (χ2v) is 11.8. The quantitative estimate of drug-likeness (QED) is 0.0468. The van der Waals surface area contributed by atoms with Gasteiger partial charge in [-0.15, -0.1) is 10.2 Å². The average molecular weight is 610 g/mol. The minimum atomic E-state index is -1.03. The highest BCUT2D eigenvalue weighted by molar-refractivity contribution is 8.00. The van der Waals surface area contributed by atoms with Crippen LogP contribution in [0.2, 0.25) is 0 Å². The first-order valence-corrected chi connectivity index (χ1v) is 15.1. The number of anilines is 1. The number of halogens is 1. The molecule has 1 aliphatic rings. The minimum Gasteiger partial charge on any atom is -0.507 e. The van der Waals surface area contributed by atoms with Crippen molar-refractivity contribution in [2.45, 2.75) is 16.1 Å². The van der Waals surface area contributed by atoms with Gasteiger partial charge in [-0.25, -0.2) is 4.39 Å². The summed E-state index contributed by atoms with van der Waals surface area (Å²) in [6.07, 6.45) is 1.60. The average Bonchev–Trinajstić information content (AvgIpc) is 3.60. The second kappa shape index (κ2) is 12.2. The molecule has 0 aliphatic carbocycles. The first kappa shape index (κ1) is 28.3. The molecule has 7 nitrogen and oxygen atoms in total. The minimum absolute atomic E-state index is 0.141. The number of aliphatic hydroxyl groups is 1. The summed E-state index contributed by atoms with van der Waals surface area (Å²) in [6.45, 7) is 3.93. The first-order valence-electron chi connectivity index (χ1n) is 13.3. The van der Waals surface area contributed by atoms with Gasteiger partial charge >= 0.3 is 5.91 Å². The Morgan fingerprint density at radius 3 is 2.60 bits per heavy atom. The number of Topliss-reactive ketones (excluding diaryl/α,β-unsaturated/α-hetero) is 1. The van der Waals surface area contributed by atoms with Crippen LogP contribution >= 0.6 is 23.1 Å². The van der Waals surface area contributed by atoms with Crippen LogP contribution in [-0.2, 0) is 15.3 Å². The largest absolute Gasteiger partial charge is 0.507 e. The number of hydrogen-bond acceptors (Lipinski definition) is 8. The van der Waals surface area contributed by atoms with E-state index >= 15 is 0 Å². The number of ketones is 1. The summed E-state index contributed by atoms with van der Waals surface area (Å²) in [5.74, 6) is -1.53. The number of ether oxygens (including phenoxy) is 1. The molecule has 1 atom stereocenters. The lowest BCUT2D eigenvalue weighted by atomic mass is 9.95. The molecule has 1 aliphatic heterocycles. The molecule has 1 fully saturated rings. The first-order chi connectivity index (χ1) is 20.9. The lowest BCUT2D eigenvalue weighted by Crippen LogP contribution is -2.29. The molecule has 0 saturated carbocycles. The Labute approximate surface area is 255 Å². The maximum atomic E-state index is 13.6. The molecule has 1 N–H and O–H groups in total. The van der Waals surface area contributed by atoms with Gasteiger partial charge in [-0.05, 0) is 58.3 Å². The van der Waals surface area contributed by atoms with Crippen molar-refractivity contribution in [2.24, 2.45) is 0 Å². The zero-order valence-corrected chi connectivity index (χ0v) is 24.3. The monoisotopic (exact) mass is 609 g/mol. The molecule has 1 saturated heterocycles. The van der Waals surface area contributed by atoms with Crippen LogP contribution in [0, 0.1) is 5.82 Å². The van der Waals surface area contributed by atoms with E-state index in [1.165, 1.54) is 52.3 Å². The molecule has 1 unspecified atom stereocenters. The molecule has 0 spiro atoms. The molecule has 1 amide bonds. The van der Waals surface area contributed by atoms with Crippen molar-refractivity contribution >= 4 is 56.5 Å². The van der Waals surface area contributed by atoms with Gasteiger partial charge in [0.15, 0.2) is 4.34 Å². The van der Waals surface area contributed by atoms with Crippen LogP contribution in [0.15, 0.2) is 114 Å². The van der Waals surface area contributed by atoms with Gasteiger partial charge in [0.2, 0.25) is 5.13 Å². The fourth-order valence-electron chi connectivity index (χ4n) is 4.95. The van der Waals surface area contributed by atoms with E-state index in [0.717, 1.165) is 16.3 Å². The molecule has 43 heavy (non-hydrogen) atoms. The van der Waals surface area contributed by atoms with E-state index in [1.54, 1.807) is 30.3 Å². The zero-order valence-electron chi connectivity index (χ0n) is 22.6. The van der Waals surface area contributed by atoms with Gasteiger partial charge in [-0.3, -0.25) is 14.5 Å². The number of amides is 1. The summed E-state index contributed by atoms with van der Waals surface area (Å²) in [5.41, 5.74) is 1.71. The Morgan fingerprint density at radius 1 is 1.02 bits per heavy atom. The number of carbonyl (C=O) groups is 2. The summed E-state index contributed by atoms with van der Waals surface area (Å²) in [4.78, 5) is 28.3. The lowest BCUT2D eigenvalue weighted by molar-refractivity contribution is -0.132. The molecule has 0 radical (unpaired) electrons. The van der Waals surface area contributed by atoms with Gasteiger partial charge in [0.25, 0.3) is 5.78 Å². The standard InChI is InChI=1S/C33H24FN3O4S2/c1-2-17-41-25-11-6-9-22(18-25)28-27(29(38)21-13-15-24(34)16-14-21)30(39)31(40)37(28)32-35-36-33(43-32)42-19-23-10-5-8-20-7-3-4-12-26(20)23/h2-16,18,28,38H,1,17,19H2/b29-27+. The zero-order chi connectivity index (χ0) is 29.9. The fraction of sp³-hybridized carbons (Fsp3) is 0.0909. The van der Waals surface area contributed by atoms with Gasteiger partial charge < -0.3 is 9.84 Å². The number of thioether (sulfide) groups is 1. The molecule has 4 aromatic carbocycles. The maximum Gasteiger partial charge on any atom is 0.301 e. The smallest absolute Gasteiger partial charge is 0.301 e. The summed E-state index contributed by atoms with van der Waals surface area (Å²) in [6, 6.07) is 25.2. The van der Waals surface area contributed by atoms with Crippen LogP contribution in [0.5, 0.6) is 5.75 Å². The van der Waals surface area contributed by atoms with Crippen molar-refractivity contribution in [3.63, 3.8) is 0 Å². The van der Waals surface area contributed by atoms with Crippen molar-refractivity contribution in [3.8, 4) is 5.75 Å². The van der Waals surface area contributed by atoms with E-state index in [1.807, 2.05) is 18.2 Å². The summed E-state index contributed by atoms with van der Waals surface area (Å²) < 4.78 is 19.9. The molecular weight excluding hydrogens is 586 g/mol. The number of carbonyl (C=O) groups excluding carboxylic acids is 2. The molecular formula is C33H24FN3O4S2. The summed E-state index contributed by atoms with van der Waals surface area (Å²) >= 11 is 2.66. The molecule has 2 heterocycles. The van der Waals surface area contributed by atoms with Crippen molar-refractivity contribution in [1.29, 1.82) is 0 Å². The van der Waals surface area contributed by atoms with Gasteiger partial charge in [0.05, 0.1) is 11.6 Å². The van der Waals surface area contributed by atoms with Crippen molar-refractivity contribution < 1.29 is 23.8 Å². The van der Waals surface area contributed by atoms with Crippen LogP contribution in [0.1, 0.15) is 22.7 Å². The predicted octanol–water partition coefficient (Wildman–Crippen LogP) is 7.31. The molecule has 10 heteroatoms. The van der Waals surface area contributed by atoms with Gasteiger partial charge in [-0.2, -0.15) is 0 Å². The summed E-state index contributed by atoms with van der Waals surface area (Å²) in [5, 5.41) is 22.4. The molecule has 0 bridgehead atoms. The van der Waals surface area contributed by atoms with E-state index in [-0.39, 0.29) is 22.9 Å².